The minimum Gasteiger partial charge on any atom is -0.496 e. The van der Waals surface area contributed by atoms with Crippen LogP contribution in [0.4, 0.5) is 0 Å². The van der Waals surface area contributed by atoms with Crippen LogP contribution in [0.5, 0.6) is 5.75 Å². The van der Waals surface area contributed by atoms with E-state index in [1.54, 1.807) is 18.3 Å². The van der Waals surface area contributed by atoms with Gasteiger partial charge in [0, 0.05) is 11.6 Å². The van der Waals surface area contributed by atoms with Gasteiger partial charge in [0.1, 0.15) is 5.75 Å². The fourth-order valence-electron chi connectivity index (χ4n) is 1.50. The highest BCUT2D eigenvalue weighted by Gasteiger charge is 2.06. The Hall–Kier alpha value is -2.10. The molecule has 2 aromatic rings. The Bertz CT molecular complexity index is 572. The van der Waals surface area contributed by atoms with Gasteiger partial charge in [-0.2, -0.15) is 0 Å². The molecule has 0 radical (unpaired) electrons. The van der Waals surface area contributed by atoms with Gasteiger partial charge in [0.2, 0.25) is 0 Å². The van der Waals surface area contributed by atoms with E-state index in [1.165, 1.54) is 13.2 Å². The Kier molecular flexibility index (Phi) is 2.25. The summed E-state index contributed by atoms with van der Waals surface area (Å²) < 4.78 is 5.04. The molecule has 1 aromatic heterocycles. The molecule has 15 heavy (non-hydrogen) atoms. The molecule has 0 saturated carbocycles. The maximum absolute atomic E-state index is 11.4. The number of fused-ring (bicyclic) bond motifs is 1. The first-order valence-electron chi connectivity index (χ1n) is 4.41. The summed E-state index contributed by atoms with van der Waals surface area (Å²) in [4.78, 5) is 24.7. The number of rotatable bonds is 2. The number of hydrogen-bond donors (Lipinski definition) is 1. The molecule has 76 valence electrons. The van der Waals surface area contributed by atoms with E-state index in [4.69, 9.17) is 4.74 Å². The molecule has 4 heteroatoms. The third-order valence-corrected chi connectivity index (χ3v) is 2.25. The van der Waals surface area contributed by atoms with E-state index in [9.17, 15) is 9.59 Å². The highest BCUT2D eigenvalue weighted by Crippen LogP contribution is 2.22. The van der Waals surface area contributed by atoms with Crippen molar-refractivity contribution < 1.29 is 9.53 Å². The van der Waals surface area contributed by atoms with Crippen molar-refractivity contribution >= 4 is 17.1 Å². The SMILES string of the molecule is COc1cc2cc[nH]c(=O)c2cc1C=O. The van der Waals surface area contributed by atoms with Crippen LogP contribution in [0.1, 0.15) is 10.4 Å². The number of carbonyl (C=O) groups excluding carboxylic acids is 1. The molecule has 0 unspecified atom stereocenters. The van der Waals surface area contributed by atoms with Gasteiger partial charge in [-0.3, -0.25) is 9.59 Å². The average molecular weight is 203 g/mol. The lowest BCUT2D eigenvalue weighted by molar-refractivity contribution is 0.112. The van der Waals surface area contributed by atoms with Crippen molar-refractivity contribution in [1.29, 1.82) is 0 Å². The number of benzene rings is 1. The largest absolute Gasteiger partial charge is 0.496 e. The normalized spacial score (nSPS) is 10.2. The molecule has 0 bridgehead atoms. The van der Waals surface area contributed by atoms with Crippen LogP contribution in [-0.2, 0) is 0 Å². The topological polar surface area (TPSA) is 59.2 Å². The maximum Gasteiger partial charge on any atom is 0.255 e. The minimum atomic E-state index is -0.210. The Morgan fingerprint density at radius 3 is 2.87 bits per heavy atom. The summed E-state index contributed by atoms with van der Waals surface area (Å²) in [5.74, 6) is 0.475. The fourth-order valence-corrected chi connectivity index (χ4v) is 1.50. The lowest BCUT2D eigenvalue weighted by Gasteiger charge is -2.04. The van der Waals surface area contributed by atoms with E-state index < -0.39 is 0 Å². The van der Waals surface area contributed by atoms with E-state index in [0.717, 1.165) is 5.39 Å². The maximum atomic E-state index is 11.4. The second-order valence-corrected chi connectivity index (χ2v) is 3.11. The van der Waals surface area contributed by atoms with Crippen molar-refractivity contribution in [3.8, 4) is 5.75 Å². The number of carbonyl (C=O) groups is 1. The number of hydrogen-bond acceptors (Lipinski definition) is 3. The Balaban J connectivity index is 2.87. The number of H-pyrrole nitrogens is 1. The van der Waals surface area contributed by atoms with E-state index in [1.807, 2.05) is 0 Å². The van der Waals surface area contributed by atoms with Crippen LogP contribution in [0, 0.1) is 0 Å². The van der Waals surface area contributed by atoms with E-state index >= 15 is 0 Å². The van der Waals surface area contributed by atoms with Crippen LogP contribution in [0.15, 0.2) is 29.2 Å². The standard InChI is InChI=1S/C11H9NO3/c1-15-10-5-7-2-3-12-11(14)9(7)4-8(10)6-13/h2-6H,1H3,(H,12,14). The van der Waals surface area contributed by atoms with Crippen LogP contribution < -0.4 is 10.3 Å². The molecule has 0 amide bonds. The first-order chi connectivity index (χ1) is 7.26. The number of ether oxygens (including phenoxy) is 1. The summed E-state index contributed by atoms with van der Waals surface area (Å²) in [6.07, 6.45) is 2.23. The number of pyridine rings is 1. The molecule has 4 nitrogen and oxygen atoms in total. The molecule has 0 atom stereocenters. The van der Waals surface area contributed by atoms with Crippen molar-refractivity contribution in [1.82, 2.24) is 4.98 Å². The lowest BCUT2D eigenvalue weighted by Crippen LogP contribution is -2.05. The molecule has 0 saturated heterocycles. The van der Waals surface area contributed by atoms with Crippen LogP contribution in [0.3, 0.4) is 0 Å². The molecule has 0 aliphatic carbocycles. The Morgan fingerprint density at radius 2 is 2.20 bits per heavy atom. The molecule has 0 spiro atoms. The molecule has 1 heterocycles. The van der Waals surface area contributed by atoms with E-state index in [-0.39, 0.29) is 5.56 Å². The molecule has 1 N–H and O–H groups in total. The van der Waals surface area contributed by atoms with Crippen molar-refractivity contribution in [3.63, 3.8) is 0 Å². The van der Waals surface area contributed by atoms with Crippen LogP contribution >= 0.6 is 0 Å². The second kappa shape index (κ2) is 3.57. The molecule has 1 aromatic carbocycles. The third-order valence-electron chi connectivity index (χ3n) is 2.25. The number of nitrogens with one attached hydrogen (secondary N) is 1. The fraction of sp³-hybridized carbons (Fsp3) is 0.0909. The van der Waals surface area contributed by atoms with Gasteiger partial charge in [-0.15, -0.1) is 0 Å². The molecule has 0 aliphatic rings. The monoisotopic (exact) mass is 203 g/mol. The smallest absolute Gasteiger partial charge is 0.255 e. The summed E-state index contributed by atoms with van der Waals surface area (Å²) in [6, 6.07) is 4.96. The predicted octanol–water partition coefficient (Wildman–Crippen LogP) is 1.35. The Morgan fingerprint density at radius 1 is 1.40 bits per heavy atom. The van der Waals surface area contributed by atoms with Gasteiger partial charge in [0.05, 0.1) is 12.7 Å². The van der Waals surface area contributed by atoms with Gasteiger partial charge < -0.3 is 9.72 Å². The molecular formula is C11H9NO3. The molecule has 0 fully saturated rings. The highest BCUT2D eigenvalue weighted by molar-refractivity contribution is 5.91. The van der Waals surface area contributed by atoms with Gasteiger partial charge >= 0.3 is 0 Å². The van der Waals surface area contributed by atoms with E-state index in [0.29, 0.717) is 23.0 Å². The van der Waals surface area contributed by atoms with Crippen LogP contribution in [0.2, 0.25) is 0 Å². The second-order valence-electron chi connectivity index (χ2n) is 3.11. The zero-order chi connectivity index (χ0) is 10.8. The van der Waals surface area contributed by atoms with Crippen molar-refractivity contribution in [2.75, 3.05) is 7.11 Å². The summed E-state index contributed by atoms with van der Waals surface area (Å²) in [6.45, 7) is 0. The van der Waals surface area contributed by atoms with Gasteiger partial charge in [0.25, 0.3) is 5.56 Å². The zero-order valence-corrected chi connectivity index (χ0v) is 8.11. The summed E-state index contributed by atoms with van der Waals surface area (Å²) in [5, 5.41) is 1.24. The summed E-state index contributed by atoms with van der Waals surface area (Å²) in [5.41, 5.74) is 0.167. The van der Waals surface area contributed by atoms with Gasteiger partial charge in [-0.1, -0.05) is 0 Å². The van der Waals surface area contributed by atoms with Gasteiger partial charge in [0.15, 0.2) is 6.29 Å². The Labute approximate surface area is 85.5 Å². The minimum absolute atomic E-state index is 0.210. The third kappa shape index (κ3) is 1.50. The number of aromatic nitrogens is 1. The highest BCUT2D eigenvalue weighted by atomic mass is 16.5. The summed E-state index contributed by atoms with van der Waals surface area (Å²) in [7, 11) is 1.49. The number of aromatic amines is 1. The molecular weight excluding hydrogens is 194 g/mol. The van der Waals surface area contributed by atoms with Crippen molar-refractivity contribution in [2.45, 2.75) is 0 Å². The lowest BCUT2D eigenvalue weighted by atomic mass is 10.1. The van der Waals surface area contributed by atoms with Crippen LogP contribution in [0.25, 0.3) is 10.8 Å². The first kappa shape index (κ1) is 9.45. The summed E-state index contributed by atoms with van der Waals surface area (Å²) >= 11 is 0. The van der Waals surface area contributed by atoms with Gasteiger partial charge in [-0.25, -0.2) is 0 Å². The van der Waals surface area contributed by atoms with E-state index in [2.05, 4.69) is 4.98 Å². The van der Waals surface area contributed by atoms with Crippen LogP contribution in [-0.4, -0.2) is 18.4 Å². The number of methoxy groups -OCH3 is 1. The molecule has 2 rings (SSSR count). The number of aldehydes is 1. The first-order valence-corrected chi connectivity index (χ1v) is 4.41. The molecule has 0 aliphatic heterocycles. The zero-order valence-electron chi connectivity index (χ0n) is 8.11. The average Bonchev–Trinajstić information content (AvgIpc) is 2.28. The quantitative estimate of drug-likeness (QED) is 0.749. The van der Waals surface area contributed by atoms with Crippen molar-refractivity contribution in [3.05, 3.63) is 40.3 Å². The van der Waals surface area contributed by atoms with Crippen molar-refractivity contribution in [2.24, 2.45) is 0 Å². The predicted molar refractivity (Wildman–Crippen MR) is 56.5 cm³/mol. The van der Waals surface area contributed by atoms with Gasteiger partial charge in [-0.05, 0) is 23.6 Å².